The van der Waals surface area contributed by atoms with Gasteiger partial charge in [0, 0.05) is 6.07 Å². The second-order valence-electron chi connectivity index (χ2n) is 4.61. The van der Waals surface area contributed by atoms with Crippen molar-refractivity contribution in [1.29, 1.82) is 0 Å². The summed E-state index contributed by atoms with van der Waals surface area (Å²) in [4.78, 5) is 0. The van der Waals surface area contributed by atoms with Crippen molar-refractivity contribution < 1.29 is 9.13 Å². The molecule has 0 spiro atoms. The lowest BCUT2D eigenvalue weighted by atomic mass is 10.1. The van der Waals surface area contributed by atoms with Crippen LogP contribution in [0.4, 0.5) is 4.39 Å². The quantitative estimate of drug-likeness (QED) is 0.874. The molecule has 0 saturated carbocycles. The standard InChI is InChI=1S/C18H18FNO/c1-2-14-5-7-15(8-6-14)13-21-17-10-9-16(4-3-11-20)18(19)12-17/h5-10,12H,2,11,13,20H2,1H3. The van der Waals surface area contributed by atoms with E-state index in [9.17, 15) is 4.39 Å². The van der Waals surface area contributed by atoms with Gasteiger partial charge in [-0.15, -0.1) is 0 Å². The minimum absolute atomic E-state index is 0.214. The third-order valence-electron chi connectivity index (χ3n) is 3.10. The molecule has 0 aliphatic carbocycles. The van der Waals surface area contributed by atoms with Crippen LogP contribution in [0.1, 0.15) is 23.6 Å². The number of rotatable bonds is 4. The van der Waals surface area contributed by atoms with Crippen LogP contribution in [-0.2, 0) is 13.0 Å². The highest BCUT2D eigenvalue weighted by Crippen LogP contribution is 2.17. The average molecular weight is 283 g/mol. The molecule has 0 bridgehead atoms. The van der Waals surface area contributed by atoms with Crippen molar-refractivity contribution >= 4 is 0 Å². The number of nitrogens with two attached hydrogens (primary N) is 1. The zero-order valence-electron chi connectivity index (χ0n) is 12.0. The van der Waals surface area contributed by atoms with Crippen molar-refractivity contribution in [3.8, 4) is 17.6 Å². The SMILES string of the molecule is CCc1ccc(COc2ccc(C#CCN)c(F)c2)cc1. The van der Waals surface area contributed by atoms with Crippen LogP contribution in [0.25, 0.3) is 0 Å². The summed E-state index contributed by atoms with van der Waals surface area (Å²) in [5.74, 6) is 5.41. The van der Waals surface area contributed by atoms with Gasteiger partial charge in [-0.05, 0) is 29.7 Å². The number of benzene rings is 2. The summed E-state index contributed by atoms with van der Waals surface area (Å²) >= 11 is 0. The third-order valence-corrected chi connectivity index (χ3v) is 3.10. The van der Waals surface area contributed by atoms with Crippen LogP contribution in [0.5, 0.6) is 5.75 Å². The van der Waals surface area contributed by atoms with E-state index in [-0.39, 0.29) is 6.54 Å². The molecule has 2 nitrogen and oxygen atoms in total. The summed E-state index contributed by atoms with van der Waals surface area (Å²) in [5.41, 5.74) is 7.94. The molecule has 0 aliphatic heterocycles. The van der Waals surface area contributed by atoms with E-state index in [1.807, 2.05) is 12.1 Å². The Bertz CT molecular complexity index is 653. The van der Waals surface area contributed by atoms with Crippen molar-refractivity contribution in [2.45, 2.75) is 20.0 Å². The molecule has 0 amide bonds. The van der Waals surface area contributed by atoms with E-state index >= 15 is 0 Å². The minimum atomic E-state index is -0.394. The molecule has 3 heteroatoms. The summed E-state index contributed by atoms with van der Waals surface area (Å²) in [5, 5.41) is 0. The fraction of sp³-hybridized carbons (Fsp3) is 0.222. The first kappa shape index (κ1) is 15.1. The molecule has 21 heavy (non-hydrogen) atoms. The molecule has 0 saturated heterocycles. The molecule has 108 valence electrons. The van der Waals surface area contributed by atoms with Crippen molar-refractivity contribution in [2.24, 2.45) is 5.73 Å². The summed E-state index contributed by atoms with van der Waals surface area (Å²) < 4.78 is 19.4. The highest BCUT2D eigenvalue weighted by Gasteiger charge is 2.03. The van der Waals surface area contributed by atoms with Crippen molar-refractivity contribution in [3.63, 3.8) is 0 Å². The molecule has 0 fully saturated rings. The monoisotopic (exact) mass is 283 g/mol. The van der Waals surface area contributed by atoms with Crippen LogP contribution in [0.3, 0.4) is 0 Å². The van der Waals surface area contributed by atoms with Crippen LogP contribution in [-0.4, -0.2) is 6.54 Å². The predicted octanol–water partition coefficient (Wildman–Crippen LogP) is 3.28. The molecule has 0 atom stereocenters. The van der Waals surface area contributed by atoms with E-state index in [0.29, 0.717) is 17.9 Å². The fourth-order valence-electron chi connectivity index (χ4n) is 1.87. The van der Waals surface area contributed by atoms with Crippen LogP contribution >= 0.6 is 0 Å². The van der Waals surface area contributed by atoms with Gasteiger partial charge in [0.15, 0.2) is 0 Å². The van der Waals surface area contributed by atoms with Gasteiger partial charge in [-0.3, -0.25) is 0 Å². The number of aryl methyl sites for hydroxylation is 1. The van der Waals surface area contributed by atoms with Gasteiger partial charge in [0.1, 0.15) is 18.2 Å². The van der Waals surface area contributed by atoms with Gasteiger partial charge >= 0.3 is 0 Å². The molecule has 0 aromatic heterocycles. The van der Waals surface area contributed by atoms with E-state index in [4.69, 9.17) is 10.5 Å². The predicted molar refractivity (Wildman–Crippen MR) is 82.5 cm³/mol. The molecule has 0 unspecified atom stereocenters. The van der Waals surface area contributed by atoms with Gasteiger partial charge in [-0.2, -0.15) is 0 Å². The highest BCUT2D eigenvalue weighted by molar-refractivity contribution is 5.40. The third kappa shape index (κ3) is 4.34. The fourth-order valence-corrected chi connectivity index (χ4v) is 1.87. The van der Waals surface area contributed by atoms with Crippen molar-refractivity contribution in [1.82, 2.24) is 0 Å². The lowest BCUT2D eigenvalue weighted by molar-refractivity contribution is 0.304. The summed E-state index contributed by atoms with van der Waals surface area (Å²) in [6.45, 7) is 2.74. The molecule has 0 heterocycles. The summed E-state index contributed by atoms with van der Waals surface area (Å²) in [7, 11) is 0. The molecule has 2 rings (SSSR count). The minimum Gasteiger partial charge on any atom is -0.489 e. The maximum absolute atomic E-state index is 13.8. The van der Waals surface area contributed by atoms with Gasteiger partial charge in [-0.1, -0.05) is 43.0 Å². The molecular weight excluding hydrogens is 265 g/mol. The Morgan fingerprint density at radius 2 is 1.81 bits per heavy atom. The Morgan fingerprint density at radius 3 is 2.43 bits per heavy atom. The van der Waals surface area contributed by atoms with E-state index in [2.05, 4.69) is 30.9 Å². The molecule has 2 aromatic rings. The zero-order valence-corrected chi connectivity index (χ0v) is 12.0. The topological polar surface area (TPSA) is 35.2 Å². The number of halogens is 1. The Kier molecular flexibility index (Phi) is 5.36. The maximum Gasteiger partial charge on any atom is 0.142 e. The Hall–Kier alpha value is -2.31. The van der Waals surface area contributed by atoms with E-state index in [0.717, 1.165) is 12.0 Å². The van der Waals surface area contributed by atoms with Gasteiger partial charge in [0.25, 0.3) is 0 Å². The Morgan fingerprint density at radius 1 is 1.10 bits per heavy atom. The number of ether oxygens (including phenoxy) is 1. The first-order valence-corrected chi connectivity index (χ1v) is 6.92. The van der Waals surface area contributed by atoms with Crippen LogP contribution in [0.15, 0.2) is 42.5 Å². The molecule has 0 radical (unpaired) electrons. The smallest absolute Gasteiger partial charge is 0.142 e. The van der Waals surface area contributed by atoms with E-state index in [1.54, 1.807) is 12.1 Å². The first-order valence-electron chi connectivity index (χ1n) is 6.92. The van der Waals surface area contributed by atoms with Crippen molar-refractivity contribution in [2.75, 3.05) is 6.54 Å². The lowest BCUT2D eigenvalue weighted by Gasteiger charge is -2.07. The van der Waals surface area contributed by atoms with Crippen molar-refractivity contribution in [3.05, 3.63) is 65.0 Å². The van der Waals surface area contributed by atoms with E-state index < -0.39 is 5.82 Å². The average Bonchev–Trinajstić information content (AvgIpc) is 2.52. The van der Waals surface area contributed by atoms with Crippen LogP contribution in [0, 0.1) is 17.7 Å². The Balaban J connectivity index is 2.01. The number of hydrogen-bond acceptors (Lipinski definition) is 2. The van der Waals surface area contributed by atoms with Crippen LogP contribution in [0.2, 0.25) is 0 Å². The second kappa shape index (κ2) is 7.47. The molecule has 0 aliphatic rings. The summed E-state index contributed by atoms with van der Waals surface area (Å²) in [6, 6.07) is 12.9. The van der Waals surface area contributed by atoms with Crippen LogP contribution < -0.4 is 10.5 Å². The van der Waals surface area contributed by atoms with E-state index in [1.165, 1.54) is 11.6 Å². The number of hydrogen-bond donors (Lipinski definition) is 1. The maximum atomic E-state index is 13.8. The van der Waals surface area contributed by atoms with Gasteiger partial charge < -0.3 is 10.5 Å². The molecular formula is C18H18FNO. The van der Waals surface area contributed by atoms with Gasteiger partial charge in [0.2, 0.25) is 0 Å². The van der Waals surface area contributed by atoms with Gasteiger partial charge in [-0.25, -0.2) is 4.39 Å². The molecule has 2 N–H and O–H groups in total. The lowest BCUT2D eigenvalue weighted by Crippen LogP contribution is -1.97. The second-order valence-corrected chi connectivity index (χ2v) is 4.61. The zero-order chi connectivity index (χ0) is 15.1. The Labute approximate surface area is 124 Å². The largest absolute Gasteiger partial charge is 0.489 e. The summed E-state index contributed by atoms with van der Waals surface area (Å²) in [6.07, 6.45) is 1.01. The normalized spacial score (nSPS) is 9.86. The first-order chi connectivity index (χ1) is 10.2. The van der Waals surface area contributed by atoms with Gasteiger partial charge in [0.05, 0.1) is 12.1 Å². The molecule has 2 aromatic carbocycles. The highest BCUT2D eigenvalue weighted by atomic mass is 19.1.